The second-order valence-electron chi connectivity index (χ2n) is 19.8. The van der Waals surface area contributed by atoms with Crippen molar-refractivity contribution in [3.63, 3.8) is 0 Å². The van der Waals surface area contributed by atoms with E-state index in [-0.39, 0.29) is 33.7 Å². The first kappa shape index (κ1) is 39.9. The van der Waals surface area contributed by atoms with Crippen molar-refractivity contribution in [3.05, 3.63) is 155 Å². The van der Waals surface area contributed by atoms with Crippen LogP contribution in [-0.2, 0) is 21.7 Å². The van der Waals surface area contributed by atoms with Gasteiger partial charge in [0.1, 0.15) is 0 Å². The first-order chi connectivity index (χ1) is 25.1. The van der Waals surface area contributed by atoms with Crippen molar-refractivity contribution in [2.45, 2.75) is 131 Å². The summed E-state index contributed by atoms with van der Waals surface area (Å²) < 4.78 is 2.89. The third-order valence-electron chi connectivity index (χ3n) is 11.3. The molecule has 6 aromatic rings. The van der Waals surface area contributed by atoms with Crippen LogP contribution in [0.1, 0.15) is 142 Å². The van der Waals surface area contributed by atoms with Gasteiger partial charge in [-0.2, -0.15) is 0 Å². The molecule has 0 radical (unpaired) electrons. The van der Waals surface area contributed by atoms with E-state index in [0.717, 1.165) is 0 Å². The van der Waals surface area contributed by atoms with Gasteiger partial charge in [0.25, 0.3) is 0 Å². The van der Waals surface area contributed by atoms with Crippen LogP contribution in [0.15, 0.2) is 121 Å². The lowest BCUT2D eigenvalue weighted by Gasteiger charge is -2.43. The van der Waals surface area contributed by atoms with Crippen molar-refractivity contribution in [2.24, 2.45) is 0 Å². The lowest BCUT2D eigenvalue weighted by molar-refractivity contribution is 0.303. The SMILES string of the molecule is C[C@H](c1ccc2ccccc2c1)N([C@H](C)c1ccc2ccccc2c1)P(c1cc(C(C)(C)C)cc(C(C)(C)C)c1)c1cc(C(C)(C)C)cc(C(C)(C)C)c1. The van der Waals surface area contributed by atoms with Crippen LogP contribution >= 0.6 is 8.07 Å². The van der Waals surface area contributed by atoms with Gasteiger partial charge in [-0.25, -0.2) is 0 Å². The van der Waals surface area contributed by atoms with Gasteiger partial charge in [-0.05, 0) is 137 Å². The van der Waals surface area contributed by atoms with Crippen LogP contribution in [0.25, 0.3) is 21.5 Å². The van der Waals surface area contributed by atoms with Gasteiger partial charge in [-0.1, -0.05) is 168 Å². The summed E-state index contributed by atoms with van der Waals surface area (Å²) >= 11 is 0. The monoisotopic (exact) mass is 733 g/mol. The summed E-state index contributed by atoms with van der Waals surface area (Å²) in [6.07, 6.45) is 0. The number of hydrogen-bond donors (Lipinski definition) is 0. The molecule has 2 heteroatoms. The first-order valence-electron chi connectivity index (χ1n) is 20.0. The lowest BCUT2D eigenvalue weighted by atomic mass is 9.81. The average Bonchev–Trinajstić information content (AvgIpc) is 3.11. The van der Waals surface area contributed by atoms with Crippen molar-refractivity contribution in [1.29, 1.82) is 0 Å². The Labute approximate surface area is 329 Å². The second kappa shape index (κ2) is 14.7. The van der Waals surface area contributed by atoms with E-state index < -0.39 is 8.07 Å². The molecule has 0 aromatic heterocycles. The highest BCUT2D eigenvalue weighted by molar-refractivity contribution is 7.70. The van der Waals surface area contributed by atoms with E-state index in [1.54, 1.807) is 0 Å². The highest BCUT2D eigenvalue weighted by Gasteiger charge is 2.36. The Balaban J connectivity index is 1.72. The van der Waals surface area contributed by atoms with Crippen molar-refractivity contribution in [3.8, 4) is 0 Å². The zero-order valence-electron chi connectivity index (χ0n) is 35.6. The zero-order valence-corrected chi connectivity index (χ0v) is 36.5. The molecular formula is C52H64NP. The molecule has 0 heterocycles. The molecular weight excluding hydrogens is 670 g/mol. The minimum atomic E-state index is -1.05. The Hall–Kier alpha value is -3.77. The minimum Gasteiger partial charge on any atom is -0.261 e. The highest BCUT2D eigenvalue weighted by Crippen LogP contribution is 2.52. The van der Waals surface area contributed by atoms with Gasteiger partial charge in [0.15, 0.2) is 0 Å². The third kappa shape index (κ3) is 8.54. The first-order valence-corrected chi connectivity index (χ1v) is 21.3. The summed E-state index contributed by atoms with van der Waals surface area (Å²) in [4.78, 5) is 0. The fraction of sp³-hybridized carbons (Fsp3) is 0.385. The summed E-state index contributed by atoms with van der Waals surface area (Å²) in [5.41, 5.74) is 8.29. The average molecular weight is 734 g/mol. The van der Waals surface area contributed by atoms with Gasteiger partial charge < -0.3 is 0 Å². The van der Waals surface area contributed by atoms with Crippen LogP contribution in [0.2, 0.25) is 0 Å². The predicted octanol–water partition coefficient (Wildman–Crippen LogP) is 14.4. The Bertz CT molecular complexity index is 2040. The number of nitrogens with zero attached hydrogens (tertiary/aromatic N) is 1. The predicted molar refractivity (Wildman–Crippen MR) is 240 cm³/mol. The van der Waals surface area contributed by atoms with E-state index in [2.05, 4.69) is 223 Å². The maximum Gasteiger partial charge on any atom is 0.0369 e. The molecule has 0 aliphatic rings. The summed E-state index contributed by atoms with van der Waals surface area (Å²) in [7, 11) is -1.05. The molecule has 0 unspecified atom stereocenters. The topological polar surface area (TPSA) is 3.24 Å². The molecule has 54 heavy (non-hydrogen) atoms. The van der Waals surface area contributed by atoms with E-state index in [4.69, 9.17) is 0 Å². The molecule has 0 N–H and O–H groups in total. The molecule has 0 amide bonds. The van der Waals surface area contributed by atoms with Crippen LogP contribution in [0.3, 0.4) is 0 Å². The molecule has 0 saturated heterocycles. The molecule has 0 bridgehead atoms. The number of benzene rings is 6. The Kier molecular flexibility index (Phi) is 10.9. The molecule has 0 saturated carbocycles. The van der Waals surface area contributed by atoms with Gasteiger partial charge in [0, 0.05) is 20.2 Å². The van der Waals surface area contributed by atoms with E-state index >= 15 is 0 Å². The smallest absolute Gasteiger partial charge is 0.0369 e. The maximum atomic E-state index is 2.89. The number of rotatable bonds is 7. The molecule has 0 aliphatic heterocycles. The van der Waals surface area contributed by atoms with Gasteiger partial charge >= 0.3 is 0 Å². The number of fused-ring (bicyclic) bond motifs is 2. The molecule has 6 rings (SSSR count). The quantitative estimate of drug-likeness (QED) is 0.148. The van der Waals surface area contributed by atoms with Crippen molar-refractivity contribution in [2.75, 3.05) is 0 Å². The standard InChI is InChI=1S/C52H64NP/c1-35(39-25-23-37-19-15-17-21-41(37)27-39)53(36(2)40-26-24-38-20-16-18-22-42(38)28-40)54(47-31-43(49(3,4)5)29-44(32-47)50(6,7)8)48-33-45(51(9,10)11)30-46(34-48)52(12,13)14/h15-36H,1-14H3/t35-,36-/m1/s1. The van der Waals surface area contributed by atoms with E-state index in [0.29, 0.717) is 0 Å². The Morgan fingerprint density at radius 2 is 0.667 bits per heavy atom. The molecule has 1 nitrogen and oxygen atoms in total. The Morgan fingerprint density at radius 1 is 0.370 bits per heavy atom. The second-order valence-corrected chi connectivity index (χ2v) is 21.9. The Morgan fingerprint density at radius 3 is 0.963 bits per heavy atom. The highest BCUT2D eigenvalue weighted by atomic mass is 31.1. The van der Waals surface area contributed by atoms with Gasteiger partial charge in [-0.3, -0.25) is 4.67 Å². The van der Waals surface area contributed by atoms with Crippen molar-refractivity contribution >= 4 is 40.2 Å². The summed E-state index contributed by atoms with van der Waals surface area (Å²) in [5.74, 6) is 0. The van der Waals surface area contributed by atoms with E-state index in [9.17, 15) is 0 Å². The molecule has 6 aromatic carbocycles. The van der Waals surface area contributed by atoms with Gasteiger partial charge in [-0.15, -0.1) is 0 Å². The van der Waals surface area contributed by atoms with Gasteiger partial charge in [0.05, 0.1) is 0 Å². The summed E-state index contributed by atoms with van der Waals surface area (Å²) in [6.45, 7) is 33.3. The van der Waals surface area contributed by atoms with Gasteiger partial charge in [0.2, 0.25) is 0 Å². The van der Waals surface area contributed by atoms with Crippen molar-refractivity contribution < 1.29 is 0 Å². The van der Waals surface area contributed by atoms with Crippen LogP contribution < -0.4 is 10.6 Å². The fourth-order valence-electron chi connectivity index (χ4n) is 7.54. The van der Waals surface area contributed by atoms with Crippen LogP contribution in [0, 0.1) is 0 Å². The van der Waals surface area contributed by atoms with E-state index in [1.165, 1.54) is 65.5 Å². The maximum absolute atomic E-state index is 2.89. The lowest BCUT2D eigenvalue weighted by Crippen LogP contribution is -2.35. The minimum absolute atomic E-state index is 0.000402. The van der Waals surface area contributed by atoms with Crippen LogP contribution in [0.4, 0.5) is 0 Å². The molecule has 282 valence electrons. The van der Waals surface area contributed by atoms with Crippen LogP contribution in [0.5, 0.6) is 0 Å². The third-order valence-corrected chi connectivity index (χ3v) is 14.0. The summed E-state index contributed by atoms with van der Waals surface area (Å²) in [5, 5.41) is 8.00. The molecule has 0 fully saturated rings. The molecule has 0 spiro atoms. The largest absolute Gasteiger partial charge is 0.261 e. The molecule has 2 atom stereocenters. The molecule has 0 aliphatic carbocycles. The van der Waals surface area contributed by atoms with Crippen LogP contribution in [-0.4, -0.2) is 4.67 Å². The summed E-state index contributed by atoms with van der Waals surface area (Å²) in [6, 6.07) is 47.3. The zero-order chi connectivity index (χ0) is 39.4. The fourth-order valence-corrected chi connectivity index (χ4v) is 10.4. The number of hydrogen-bond acceptors (Lipinski definition) is 1. The van der Waals surface area contributed by atoms with Crippen molar-refractivity contribution in [1.82, 2.24) is 4.67 Å². The van der Waals surface area contributed by atoms with E-state index in [1.807, 2.05) is 0 Å². The normalized spacial score (nSPS) is 14.3.